The van der Waals surface area contributed by atoms with E-state index in [1.165, 1.54) is 6.07 Å². The summed E-state index contributed by atoms with van der Waals surface area (Å²) in [5.74, 6) is -1.00. The molecule has 0 heterocycles. The van der Waals surface area contributed by atoms with Crippen molar-refractivity contribution in [2.45, 2.75) is 12.5 Å². The lowest BCUT2D eigenvalue weighted by Crippen LogP contribution is -2.16. The smallest absolute Gasteiger partial charge is 0.305 e. The minimum absolute atomic E-state index is 0.206. The molecule has 0 aliphatic heterocycles. The van der Waals surface area contributed by atoms with Crippen LogP contribution in [0.4, 0.5) is 5.69 Å². The van der Waals surface area contributed by atoms with Gasteiger partial charge in [0, 0.05) is 11.7 Å². The molecule has 0 saturated carbocycles. The number of anilines is 1. The number of carboxylic acid groups (broad SMARTS) is 1. The topological polar surface area (TPSA) is 109 Å². The zero-order valence-corrected chi connectivity index (χ0v) is 10.1. The molecule has 1 unspecified atom stereocenters. The molecule has 0 bridgehead atoms. The van der Waals surface area contributed by atoms with E-state index in [0.29, 0.717) is 11.3 Å². The van der Waals surface area contributed by atoms with Crippen LogP contribution in [0.5, 0.6) is 0 Å². The number of hydrogen-bond acceptors (Lipinski definition) is 4. The molecule has 6 nitrogen and oxygen atoms in total. The maximum absolute atomic E-state index is 11.0. The summed E-state index contributed by atoms with van der Waals surface area (Å²) in [5, 5.41) is 8.61. The van der Waals surface area contributed by atoms with Crippen LogP contribution in [0.1, 0.15) is 18.0 Å². The first-order valence-electron chi connectivity index (χ1n) is 4.83. The van der Waals surface area contributed by atoms with Crippen LogP contribution in [0.2, 0.25) is 0 Å². The number of hydrogen-bond donors (Lipinski definition) is 3. The number of aliphatic carboxylic acids is 1. The monoisotopic (exact) mass is 258 g/mol. The van der Waals surface area contributed by atoms with Gasteiger partial charge in [-0.15, -0.1) is 0 Å². The van der Waals surface area contributed by atoms with E-state index < -0.39 is 22.0 Å². The van der Waals surface area contributed by atoms with Crippen molar-refractivity contribution >= 4 is 21.7 Å². The molecular formula is C10H14N2O4S. The molecule has 1 aromatic rings. The third kappa shape index (κ3) is 4.83. The summed E-state index contributed by atoms with van der Waals surface area (Å²) in [4.78, 5) is 10.5. The Labute approximate surface area is 99.5 Å². The molecule has 7 heteroatoms. The quantitative estimate of drug-likeness (QED) is 0.713. The number of nitrogens with one attached hydrogen (secondary N) is 1. The standard InChI is InChI=1S/C10H14N2O4S/c1-17(15,16)12-8-4-2-3-7(5-8)9(11)6-10(13)14/h2-5,9,12H,6,11H2,1H3,(H,13,14). The van der Waals surface area contributed by atoms with Crippen LogP contribution >= 0.6 is 0 Å². The van der Waals surface area contributed by atoms with Gasteiger partial charge in [-0.3, -0.25) is 9.52 Å². The number of carboxylic acids is 1. The second kappa shape index (κ2) is 5.15. The van der Waals surface area contributed by atoms with Crippen LogP contribution in [0.3, 0.4) is 0 Å². The van der Waals surface area contributed by atoms with Crippen LogP contribution in [0.15, 0.2) is 24.3 Å². The highest BCUT2D eigenvalue weighted by atomic mass is 32.2. The Morgan fingerprint density at radius 2 is 2.18 bits per heavy atom. The summed E-state index contributed by atoms with van der Waals surface area (Å²) >= 11 is 0. The molecule has 0 aliphatic rings. The Morgan fingerprint density at radius 3 is 2.71 bits per heavy atom. The molecule has 1 atom stereocenters. The van der Waals surface area contributed by atoms with E-state index in [9.17, 15) is 13.2 Å². The van der Waals surface area contributed by atoms with E-state index >= 15 is 0 Å². The second-order valence-corrected chi connectivity index (χ2v) is 5.45. The molecule has 1 aromatic carbocycles. The average molecular weight is 258 g/mol. The Kier molecular flexibility index (Phi) is 4.08. The molecule has 0 fully saturated rings. The summed E-state index contributed by atoms with van der Waals surface area (Å²) in [5.41, 5.74) is 6.61. The van der Waals surface area contributed by atoms with Gasteiger partial charge in [0.25, 0.3) is 0 Å². The van der Waals surface area contributed by atoms with Crippen LogP contribution in [0, 0.1) is 0 Å². The molecule has 0 aliphatic carbocycles. The van der Waals surface area contributed by atoms with Crippen molar-refractivity contribution in [1.29, 1.82) is 0 Å². The number of sulfonamides is 1. The van der Waals surface area contributed by atoms with Gasteiger partial charge in [0.1, 0.15) is 0 Å². The van der Waals surface area contributed by atoms with Crippen molar-refractivity contribution in [1.82, 2.24) is 0 Å². The lowest BCUT2D eigenvalue weighted by molar-refractivity contribution is -0.137. The Morgan fingerprint density at radius 1 is 1.53 bits per heavy atom. The molecule has 17 heavy (non-hydrogen) atoms. The molecule has 94 valence electrons. The summed E-state index contributed by atoms with van der Waals surface area (Å²) in [6.45, 7) is 0. The number of carbonyl (C=O) groups is 1. The van der Waals surface area contributed by atoms with Gasteiger partial charge in [-0.05, 0) is 17.7 Å². The second-order valence-electron chi connectivity index (χ2n) is 3.70. The van der Waals surface area contributed by atoms with Crippen molar-refractivity contribution in [2.24, 2.45) is 5.73 Å². The SMILES string of the molecule is CS(=O)(=O)Nc1cccc(C(N)CC(=O)O)c1. The minimum Gasteiger partial charge on any atom is -0.481 e. The van der Waals surface area contributed by atoms with E-state index in [0.717, 1.165) is 6.26 Å². The highest BCUT2D eigenvalue weighted by molar-refractivity contribution is 7.92. The normalized spacial score (nSPS) is 13.1. The zero-order valence-electron chi connectivity index (χ0n) is 9.25. The van der Waals surface area contributed by atoms with Crippen LogP contribution in [0.25, 0.3) is 0 Å². The van der Waals surface area contributed by atoms with E-state index in [1.54, 1.807) is 18.2 Å². The Hall–Kier alpha value is -1.60. The van der Waals surface area contributed by atoms with Crippen molar-refractivity contribution < 1.29 is 18.3 Å². The summed E-state index contributed by atoms with van der Waals surface area (Å²) in [7, 11) is -3.35. The first kappa shape index (κ1) is 13.5. The lowest BCUT2D eigenvalue weighted by Gasteiger charge is -2.11. The molecule has 1 rings (SSSR count). The van der Waals surface area contributed by atoms with Crippen molar-refractivity contribution in [3.8, 4) is 0 Å². The van der Waals surface area contributed by atoms with E-state index in [-0.39, 0.29) is 6.42 Å². The van der Waals surface area contributed by atoms with Gasteiger partial charge in [-0.25, -0.2) is 8.42 Å². The Bertz CT molecular complexity index is 513. The summed E-state index contributed by atoms with van der Waals surface area (Å²) in [6, 6.07) is 5.70. The molecule has 0 radical (unpaired) electrons. The van der Waals surface area contributed by atoms with Gasteiger partial charge >= 0.3 is 5.97 Å². The first-order chi connectivity index (χ1) is 7.78. The third-order valence-corrected chi connectivity index (χ3v) is 2.62. The fourth-order valence-electron chi connectivity index (χ4n) is 1.35. The minimum atomic E-state index is -3.35. The largest absolute Gasteiger partial charge is 0.481 e. The highest BCUT2D eigenvalue weighted by Crippen LogP contribution is 2.18. The van der Waals surface area contributed by atoms with E-state index in [4.69, 9.17) is 10.8 Å². The number of nitrogens with two attached hydrogens (primary N) is 1. The zero-order chi connectivity index (χ0) is 13.1. The maximum Gasteiger partial charge on any atom is 0.305 e. The van der Waals surface area contributed by atoms with Gasteiger partial charge in [0.2, 0.25) is 10.0 Å². The fourth-order valence-corrected chi connectivity index (χ4v) is 1.91. The van der Waals surface area contributed by atoms with Crippen LogP contribution in [-0.2, 0) is 14.8 Å². The lowest BCUT2D eigenvalue weighted by atomic mass is 10.0. The average Bonchev–Trinajstić information content (AvgIpc) is 2.14. The highest BCUT2D eigenvalue weighted by Gasteiger charge is 2.11. The molecule has 4 N–H and O–H groups in total. The predicted octanol–water partition coefficient (Wildman–Crippen LogP) is 0.533. The predicted molar refractivity (Wildman–Crippen MR) is 64.1 cm³/mol. The van der Waals surface area contributed by atoms with Crippen molar-refractivity contribution in [3.05, 3.63) is 29.8 Å². The van der Waals surface area contributed by atoms with Crippen molar-refractivity contribution in [3.63, 3.8) is 0 Å². The fraction of sp³-hybridized carbons (Fsp3) is 0.300. The van der Waals surface area contributed by atoms with Gasteiger partial charge < -0.3 is 10.8 Å². The van der Waals surface area contributed by atoms with E-state index in [1.807, 2.05) is 0 Å². The number of benzene rings is 1. The van der Waals surface area contributed by atoms with Crippen LogP contribution in [-0.4, -0.2) is 25.7 Å². The van der Waals surface area contributed by atoms with Crippen LogP contribution < -0.4 is 10.5 Å². The molecule has 0 amide bonds. The Balaban J connectivity index is 2.89. The molecule has 0 spiro atoms. The maximum atomic E-state index is 11.0. The van der Waals surface area contributed by atoms with E-state index in [2.05, 4.69) is 4.72 Å². The van der Waals surface area contributed by atoms with Crippen molar-refractivity contribution in [2.75, 3.05) is 11.0 Å². The summed E-state index contributed by atoms with van der Waals surface area (Å²) < 4.78 is 24.3. The summed E-state index contributed by atoms with van der Waals surface area (Å²) in [6.07, 6.45) is 0.833. The molecule has 0 saturated heterocycles. The molecule has 0 aromatic heterocycles. The third-order valence-electron chi connectivity index (χ3n) is 2.01. The van der Waals surface area contributed by atoms with Gasteiger partial charge in [-0.2, -0.15) is 0 Å². The molecular weight excluding hydrogens is 244 g/mol. The number of rotatable bonds is 5. The van der Waals surface area contributed by atoms with Gasteiger partial charge in [-0.1, -0.05) is 12.1 Å². The first-order valence-corrected chi connectivity index (χ1v) is 6.72. The van der Waals surface area contributed by atoms with Gasteiger partial charge in [0.15, 0.2) is 0 Å². The van der Waals surface area contributed by atoms with Gasteiger partial charge in [0.05, 0.1) is 12.7 Å².